The smallest absolute Gasteiger partial charge is 0.342 e. The Morgan fingerprint density at radius 1 is 1.62 bits per heavy atom. The molecule has 0 atom stereocenters. The van der Waals surface area contributed by atoms with Crippen molar-refractivity contribution in [1.29, 1.82) is 0 Å². The van der Waals surface area contributed by atoms with Gasteiger partial charge >= 0.3 is 5.97 Å². The van der Waals surface area contributed by atoms with Gasteiger partial charge in [0.15, 0.2) is 0 Å². The fourth-order valence-corrected chi connectivity index (χ4v) is 1.48. The summed E-state index contributed by atoms with van der Waals surface area (Å²) in [6, 6.07) is 1.32. The second kappa shape index (κ2) is 3.33. The number of rotatable bonds is 1. The molecule has 0 fully saturated rings. The van der Waals surface area contributed by atoms with Crippen LogP contribution in [0, 0.1) is 12.7 Å². The molecule has 0 radical (unpaired) electrons. The third-order valence-corrected chi connectivity index (χ3v) is 2.19. The van der Waals surface area contributed by atoms with Crippen molar-refractivity contribution in [3.63, 3.8) is 0 Å². The van der Waals surface area contributed by atoms with E-state index in [-0.39, 0.29) is 10.0 Å². The van der Waals surface area contributed by atoms with Crippen molar-refractivity contribution in [2.45, 2.75) is 6.92 Å². The Hall–Kier alpha value is -1.10. The van der Waals surface area contributed by atoms with Crippen molar-refractivity contribution in [1.82, 2.24) is 0 Å². The number of halogens is 2. The van der Waals surface area contributed by atoms with Gasteiger partial charge in [-0.05, 0) is 34.5 Å². The summed E-state index contributed by atoms with van der Waals surface area (Å²) in [5, 5.41) is 17.8. The number of carboxylic acids is 1. The summed E-state index contributed by atoms with van der Waals surface area (Å²) in [6.07, 6.45) is 0. The number of phenols is 1. The molecule has 0 spiro atoms. The fourth-order valence-electron chi connectivity index (χ4n) is 0.938. The van der Waals surface area contributed by atoms with Gasteiger partial charge in [0.05, 0.1) is 4.47 Å². The molecule has 0 saturated heterocycles. The molecule has 1 aromatic carbocycles. The summed E-state index contributed by atoms with van der Waals surface area (Å²) in [7, 11) is 0. The lowest BCUT2D eigenvalue weighted by Crippen LogP contribution is -2.03. The number of carboxylic acid groups (broad SMARTS) is 1. The van der Waals surface area contributed by atoms with Crippen molar-refractivity contribution in [2.24, 2.45) is 0 Å². The van der Waals surface area contributed by atoms with Crippen LogP contribution in [-0.2, 0) is 0 Å². The maximum absolute atomic E-state index is 13.1. The zero-order valence-electron chi connectivity index (χ0n) is 6.64. The van der Waals surface area contributed by atoms with Gasteiger partial charge < -0.3 is 10.2 Å². The largest absolute Gasteiger partial charge is 0.506 e. The Labute approximate surface area is 81.9 Å². The van der Waals surface area contributed by atoms with Gasteiger partial charge in [-0.2, -0.15) is 0 Å². The van der Waals surface area contributed by atoms with Crippen LogP contribution < -0.4 is 0 Å². The topological polar surface area (TPSA) is 57.5 Å². The molecule has 0 aliphatic heterocycles. The molecule has 0 bridgehead atoms. The van der Waals surface area contributed by atoms with E-state index in [4.69, 9.17) is 5.11 Å². The summed E-state index contributed by atoms with van der Waals surface area (Å²) in [5.74, 6) is -2.98. The van der Waals surface area contributed by atoms with E-state index in [9.17, 15) is 14.3 Å². The number of hydrogen-bond acceptors (Lipinski definition) is 2. The SMILES string of the molecule is Cc1cc(Br)c(O)c(C(=O)O)c1F. The average molecular weight is 249 g/mol. The van der Waals surface area contributed by atoms with E-state index >= 15 is 0 Å². The van der Waals surface area contributed by atoms with Crippen LogP contribution in [0.4, 0.5) is 4.39 Å². The predicted molar refractivity (Wildman–Crippen MR) is 47.5 cm³/mol. The van der Waals surface area contributed by atoms with Crippen molar-refractivity contribution in [3.8, 4) is 5.75 Å². The minimum atomic E-state index is -1.49. The van der Waals surface area contributed by atoms with Crippen LogP contribution in [0.15, 0.2) is 10.5 Å². The van der Waals surface area contributed by atoms with Gasteiger partial charge in [-0.3, -0.25) is 0 Å². The Morgan fingerprint density at radius 2 is 2.15 bits per heavy atom. The molecule has 70 valence electrons. The van der Waals surface area contributed by atoms with Gasteiger partial charge in [0.25, 0.3) is 0 Å². The minimum absolute atomic E-state index is 0.169. The van der Waals surface area contributed by atoms with E-state index in [0.29, 0.717) is 0 Å². The van der Waals surface area contributed by atoms with Crippen LogP contribution in [0.25, 0.3) is 0 Å². The highest BCUT2D eigenvalue weighted by atomic mass is 79.9. The van der Waals surface area contributed by atoms with E-state index in [1.165, 1.54) is 13.0 Å². The molecule has 0 aromatic heterocycles. The van der Waals surface area contributed by atoms with E-state index in [2.05, 4.69) is 15.9 Å². The molecule has 0 heterocycles. The lowest BCUT2D eigenvalue weighted by molar-refractivity contribution is 0.0688. The minimum Gasteiger partial charge on any atom is -0.506 e. The highest BCUT2D eigenvalue weighted by molar-refractivity contribution is 9.10. The zero-order chi connectivity index (χ0) is 10.2. The first kappa shape index (κ1) is 9.98. The molecule has 3 nitrogen and oxygen atoms in total. The number of benzene rings is 1. The van der Waals surface area contributed by atoms with Gasteiger partial charge in [-0.15, -0.1) is 0 Å². The summed E-state index contributed by atoms with van der Waals surface area (Å²) in [6.45, 7) is 1.42. The quantitative estimate of drug-likeness (QED) is 0.802. The second-order valence-corrected chi connectivity index (χ2v) is 3.37. The first-order chi connectivity index (χ1) is 5.95. The highest BCUT2D eigenvalue weighted by Gasteiger charge is 2.20. The van der Waals surface area contributed by atoms with Crippen molar-refractivity contribution in [2.75, 3.05) is 0 Å². The molecular formula is C8H6BrFO3. The molecule has 2 N–H and O–H groups in total. The zero-order valence-corrected chi connectivity index (χ0v) is 8.22. The standard InChI is InChI=1S/C8H6BrFO3/c1-3-2-4(9)7(11)5(6(3)10)8(12)13/h2,11H,1H3,(H,12,13). The first-order valence-electron chi connectivity index (χ1n) is 3.36. The molecule has 13 heavy (non-hydrogen) atoms. The number of aromatic hydroxyl groups is 1. The van der Waals surface area contributed by atoms with Gasteiger partial charge in [0.2, 0.25) is 0 Å². The van der Waals surface area contributed by atoms with E-state index in [0.717, 1.165) is 0 Å². The van der Waals surface area contributed by atoms with Crippen LogP contribution in [-0.4, -0.2) is 16.2 Å². The molecule has 0 amide bonds. The maximum Gasteiger partial charge on any atom is 0.342 e. The molecule has 1 aromatic rings. The van der Waals surface area contributed by atoms with Gasteiger partial charge in [0, 0.05) is 0 Å². The molecule has 0 aliphatic rings. The summed E-state index contributed by atoms with van der Waals surface area (Å²) in [5.41, 5.74) is -0.533. The first-order valence-corrected chi connectivity index (χ1v) is 4.15. The maximum atomic E-state index is 13.1. The normalized spacial score (nSPS) is 10.1. The Kier molecular flexibility index (Phi) is 2.56. The summed E-state index contributed by atoms with van der Waals surface area (Å²) >= 11 is 2.92. The van der Waals surface area contributed by atoms with Crippen LogP contribution in [0.5, 0.6) is 5.75 Å². The molecule has 5 heteroatoms. The lowest BCUT2D eigenvalue weighted by atomic mass is 10.1. The Morgan fingerprint density at radius 3 is 2.62 bits per heavy atom. The van der Waals surface area contributed by atoms with Gasteiger partial charge in [0.1, 0.15) is 17.1 Å². The fraction of sp³-hybridized carbons (Fsp3) is 0.125. The van der Waals surface area contributed by atoms with Gasteiger partial charge in [-0.25, -0.2) is 9.18 Å². The lowest BCUT2D eigenvalue weighted by Gasteiger charge is -2.05. The Balaban J connectivity index is 3.56. The monoisotopic (exact) mass is 248 g/mol. The molecule has 0 saturated carbocycles. The summed E-state index contributed by atoms with van der Waals surface area (Å²) in [4.78, 5) is 10.5. The average Bonchev–Trinajstić information content (AvgIpc) is 2.01. The number of carbonyl (C=O) groups is 1. The van der Waals surface area contributed by atoms with Crippen LogP contribution in [0.2, 0.25) is 0 Å². The third kappa shape index (κ3) is 1.65. The summed E-state index contributed by atoms with van der Waals surface area (Å²) < 4.78 is 13.3. The molecule has 1 rings (SSSR count). The van der Waals surface area contributed by atoms with E-state index < -0.39 is 23.1 Å². The number of aromatic carboxylic acids is 1. The second-order valence-electron chi connectivity index (χ2n) is 2.52. The van der Waals surface area contributed by atoms with E-state index in [1.807, 2.05) is 0 Å². The number of aryl methyl sites for hydroxylation is 1. The van der Waals surface area contributed by atoms with Crippen molar-refractivity contribution >= 4 is 21.9 Å². The Bertz CT molecular complexity index is 350. The van der Waals surface area contributed by atoms with Crippen molar-refractivity contribution < 1.29 is 19.4 Å². The van der Waals surface area contributed by atoms with Crippen LogP contribution in [0.1, 0.15) is 15.9 Å². The molecule has 0 unspecified atom stereocenters. The van der Waals surface area contributed by atoms with Crippen LogP contribution in [0.3, 0.4) is 0 Å². The number of hydrogen-bond donors (Lipinski definition) is 2. The van der Waals surface area contributed by atoms with E-state index in [1.54, 1.807) is 0 Å². The third-order valence-electron chi connectivity index (χ3n) is 1.59. The molecular weight excluding hydrogens is 243 g/mol. The van der Waals surface area contributed by atoms with Gasteiger partial charge in [-0.1, -0.05) is 0 Å². The van der Waals surface area contributed by atoms with Crippen LogP contribution >= 0.6 is 15.9 Å². The predicted octanol–water partition coefficient (Wildman–Crippen LogP) is 2.30. The van der Waals surface area contributed by atoms with Crippen molar-refractivity contribution in [3.05, 3.63) is 27.5 Å². The molecule has 0 aliphatic carbocycles. The highest BCUT2D eigenvalue weighted by Crippen LogP contribution is 2.31.